The van der Waals surface area contributed by atoms with Crippen LogP contribution in [0.15, 0.2) is 48.5 Å². The first-order chi connectivity index (χ1) is 10.1. The number of anilines is 1. The average Bonchev–Trinajstić information content (AvgIpc) is 2.48. The summed E-state index contributed by atoms with van der Waals surface area (Å²) < 4.78 is 27.4. The first-order valence-electron chi connectivity index (χ1n) is 7.00. The third-order valence-corrected chi connectivity index (χ3v) is 4.86. The average molecular weight is 302 g/mol. The lowest BCUT2D eigenvalue weighted by Gasteiger charge is -2.21. The Hall–Kier alpha value is -1.85. The molecule has 2 aromatic rings. The Bertz CT molecular complexity index is 727. The van der Waals surface area contributed by atoms with Crippen LogP contribution in [0.25, 0.3) is 0 Å². The standard InChI is InChI=1S/C16H18N2O2S/c19-21(20,12-13-5-2-1-3-6-13)18-16-8-4-7-14-9-10-17-11-15(14)16/h1-8,17-18H,9-12H2. The molecule has 1 heterocycles. The number of sulfonamides is 1. The summed E-state index contributed by atoms with van der Waals surface area (Å²) in [5.41, 5.74) is 3.75. The Morgan fingerprint density at radius 3 is 2.67 bits per heavy atom. The van der Waals surface area contributed by atoms with Gasteiger partial charge in [-0.25, -0.2) is 8.42 Å². The van der Waals surface area contributed by atoms with Crippen LogP contribution < -0.4 is 10.0 Å². The van der Waals surface area contributed by atoms with Crippen molar-refractivity contribution in [3.63, 3.8) is 0 Å². The van der Waals surface area contributed by atoms with Gasteiger partial charge in [0, 0.05) is 6.54 Å². The highest BCUT2D eigenvalue weighted by Gasteiger charge is 2.17. The van der Waals surface area contributed by atoms with Gasteiger partial charge in [-0.15, -0.1) is 0 Å². The van der Waals surface area contributed by atoms with E-state index in [0.717, 1.165) is 24.1 Å². The lowest BCUT2D eigenvalue weighted by Crippen LogP contribution is -2.25. The van der Waals surface area contributed by atoms with Crippen molar-refractivity contribution in [3.05, 3.63) is 65.2 Å². The van der Waals surface area contributed by atoms with E-state index in [1.807, 2.05) is 42.5 Å². The highest BCUT2D eigenvalue weighted by Crippen LogP contribution is 2.24. The lowest BCUT2D eigenvalue weighted by molar-refractivity contribution is 0.600. The van der Waals surface area contributed by atoms with Crippen LogP contribution in [0.2, 0.25) is 0 Å². The molecule has 0 radical (unpaired) electrons. The summed E-state index contributed by atoms with van der Waals surface area (Å²) in [6.07, 6.45) is 0.934. The molecule has 2 N–H and O–H groups in total. The van der Waals surface area contributed by atoms with E-state index in [1.165, 1.54) is 5.56 Å². The van der Waals surface area contributed by atoms with Gasteiger partial charge < -0.3 is 5.32 Å². The van der Waals surface area contributed by atoms with Gasteiger partial charge in [0.1, 0.15) is 0 Å². The minimum atomic E-state index is -3.40. The Balaban J connectivity index is 1.83. The van der Waals surface area contributed by atoms with Crippen LogP contribution in [0.5, 0.6) is 0 Å². The molecule has 1 aliphatic heterocycles. The molecule has 0 spiro atoms. The van der Waals surface area contributed by atoms with E-state index in [1.54, 1.807) is 0 Å². The molecule has 1 aliphatic rings. The number of hydrogen-bond donors (Lipinski definition) is 2. The van der Waals surface area contributed by atoms with Crippen LogP contribution in [-0.4, -0.2) is 15.0 Å². The molecule has 4 nitrogen and oxygen atoms in total. The molecule has 0 saturated heterocycles. The second kappa shape index (κ2) is 5.87. The van der Waals surface area contributed by atoms with Crippen molar-refractivity contribution < 1.29 is 8.42 Å². The Labute approximate surface area is 125 Å². The molecule has 0 aliphatic carbocycles. The summed E-state index contributed by atoms with van der Waals surface area (Å²) in [6, 6.07) is 15.0. The van der Waals surface area contributed by atoms with Crippen molar-refractivity contribution in [1.29, 1.82) is 0 Å². The summed E-state index contributed by atoms with van der Waals surface area (Å²) in [6.45, 7) is 1.65. The molecule has 0 unspecified atom stereocenters. The van der Waals surface area contributed by atoms with Crippen LogP contribution in [0, 0.1) is 0 Å². The Kier molecular flexibility index (Phi) is 3.94. The van der Waals surface area contributed by atoms with Crippen molar-refractivity contribution in [1.82, 2.24) is 5.32 Å². The van der Waals surface area contributed by atoms with Crippen LogP contribution in [-0.2, 0) is 28.7 Å². The zero-order valence-corrected chi connectivity index (χ0v) is 12.5. The van der Waals surface area contributed by atoms with E-state index in [4.69, 9.17) is 0 Å². The molecule has 0 amide bonds. The lowest BCUT2D eigenvalue weighted by atomic mass is 10.00. The summed E-state index contributed by atoms with van der Waals surface area (Å²) in [4.78, 5) is 0. The quantitative estimate of drug-likeness (QED) is 0.911. The monoisotopic (exact) mass is 302 g/mol. The molecule has 21 heavy (non-hydrogen) atoms. The van der Waals surface area contributed by atoms with Crippen LogP contribution in [0.1, 0.15) is 16.7 Å². The van der Waals surface area contributed by atoms with Gasteiger partial charge in [-0.2, -0.15) is 0 Å². The highest BCUT2D eigenvalue weighted by atomic mass is 32.2. The highest BCUT2D eigenvalue weighted by molar-refractivity contribution is 7.91. The van der Waals surface area contributed by atoms with Crippen molar-refractivity contribution in [2.75, 3.05) is 11.3 Å². The minimum absolute atomic E-state index is 0.00899. The van der Waals surface area contributed by atoms with E-state index in [0.29, 0.717) is 12.2 Å². The zero-order chi connectivity index (χ0) is 14.7. The molecule has 0 fully saturated rings. The van der Waals surface area contributed by atoms with Crippen LogP contribution in [0.4, 0.5) is 5.69 Å². The third-order valence-electron chi connectivity index (χ3n) is 3.61. The molecule has 0 atom stereocenters. The summed E-state index contributed by atoms with van der Waals surface area (Å²) in [5, 5.41) is 3.28. The van der Waals surface area contributed by atoms with E-state index in [2.05, 4.69) is 16.1 Å². The number of nitrogens with one attached hydrogen (secondary N) is 2. The maximum absolute atomic E-state index is 12.3. The van der Waals surface area contributed by atoms with Gasteiger partial charge in [-0.3, -0.25) is 4.72 Å². The number of fused-ring (bicyclic) bond motifs is 1. The molecular weight excluding hydrogens is 284 g/mol. The van der Waals surface area contributed by atoms with Gasteiger partial charge in [-0.05, 0) is 35.7 Å². The second-order valence-corrected chi connectivity index (χ2v) is 6.94. The molecule has 0 bridgehead atoms. The first-order valence-corrected chi connectivity index (χ1v) is 8.65. The molecule has 0 aromatic heterocycles. The normalized spacial score (nSPS) is 14.5. The van der Waals surface area contributed by atoms with Crippen LogP contribution in [0.3, 0.4) is 0 Å². The topological polar surface area (TPSA) is 58.2 Å². The first kappa shape index (κ1) is 14.1. The largest absolute Gasteiger partial charge is 0.312 e. The zero-order valence-electron chi connectivity index (χ0n) is 11.7. The van der Waals surface area contributed by atoms with Crippen molar-refractivity contribution in [3.8, 4) is 0 Å². The molecular formula is C16H18N2O2S. The Morgan fingerprint density at radius 1 is 1.05 bits per heavy atom. The van der Waals surface area contributed by atoms with Gasteiger partial charge in [0.2, 0.25) is 10.0 Å². The SMILES string of the molecule is O=S(=O)(Cc1ccccc1)Nc1cccc2c1CNCC2. The molecule has 3 rings (SSSR count). The van der Waals surface area contributed by atoms with E-state index in [9.17, 15) is 8.42 Å². The summed E-state index contributed by atoms with van der Waals surface area (Å²) in [5.74, 6) is -0.00899. The predicted octanol–water partition coefficient (Wildman–Crippen LogP) is 2.27. The Morgan fingerprint density at radius 2 is 1.86 bits per heavy atom. The fourth-order valence-corrected chi connectivity index (χ4v) is 3.84. The second-order valence-electron chi connectivity index (χ2n) is 5.22. The van der Waals surface area contributed by atoms with Gasteiger partial charge in [0.05, 0.1) is 11.4 Å². The van der Waals surface area contributed by atoms with Gasteiger partial charge in [0.25, 0.3) is 0 Å². The smallest absolute Gasteiger partial charge is 0.236 e. The van der Waals surface area contributed by atoms with Gasteiger partial charge in [-0.1, -0.05) is 42.5 Å². The van der Waals surface area contributed by atoms with E-state index < -0.39 is 10.0 Å². The molecule has 2 aromatic carbocycles. The van der Waals surface area contributed by atoms with E-state index in [-0.39, 0.29) is 5.75 Å². The number of benzene rings is 2. The van der Waals surface area contributed by atoms with Crippen molar-refractivity contribution in [2.45, 2.75) is 18.7 Å². The summed E-state index contributed by atoms with van der Waals surface area (Å²) >= 11 is 0. The molecule has 5 heteroatoms. The predicted molar refractivity (Wildman–Crippen MR) is 84.5 cm³/mol. The van der Waals surface area contributed by atoms with Gasteiger partial charge in [0.15, 0.2) is 0 Å². The number of rotatable bonds is 4. The van der Waals surface area contributed by atoms with Gasteiger partial charge >= 0.3 is 0 Å². The number of hydrogen-bond acceptors (Lipinski definition) is 3. The maximum Gasteiger partial charge on any atom is 0.236 e. The molecule has 0 saturated carbocycles. The fourth-order valence-electron chi connectivity index (χ4n) is 2.61. The van der Waals surface area contributed by atoms with Crippen molar-refractivity contribution in [2.24, 2.45) is 0 Å². The third kappa shape index (κ3) is 3.43. The van der Waals surface area contributed by atoms with Crippen LogP contribution >= 0.6 is 0 Å². The maximum atomic E-state index is 12.3. The summed E-state index contributed by atoms with van der Waals surface area (Å²) in [7, 11) is -3.40. The molecule has 110 valence electrons. The fraction of sp³-hybridized carbons (Fsp3) is 0.250. The van der Waals surface area contributed by atoms with E-state index >= 15 is 0 Å². The van der Waals surface area contributed by atoms with Crippen molar-refractivity contribution >= 4 is 15.7 Å². The minimum Gasteiger partial charge on any atom is -0.312 e.